The van der Waals surface area contributed by atoms with Crippen molar-refractivity contribution < 1.29 is 19.6 Å². The number of carbonyl (C=O) groups excluding carboxylic acids is 1. The number of rotatable bonds is 4. The highest BCUT2D eigenvalue weighted by Crippen LogP contribution is 2.31. The number of benzene rings is 1. The maximum absolute atomic E-state index is 12.5. The van der Waals surface area contributed by atoms with Gasteiger partial charge >= 0.3 is 6.09 Å². The molecule has 0 unspecified atom stereocenters. The molecule has 1 aromatic rings. The molecule has 2 fully saturated rings. The summed E-state index contributed by atoms with van der Waals surface area (Å²) in [7, 11) is 2.09. The standard InChI is InChI=1S/C18H25N3O5/c1-19-8-6-14(7-9-19)17-10-16(22)11-20(17)18(23)26-12-13-2-4-15(5-3-13)21(24)25/h2-5,14,16-17,22H,6-12H2,1H3/t16-,17+/m1/s1. The third-order valence-electron chi connectivity index (χ3n) is 5.37. The lowest BCUT2D eigenvalue weighted by molar-refractivity contribution is -0.384. The average molecular weight is 363 g/mol. The largest absolute Gasteiger partial charge is 0.445 e. The van der Waals surface area contributed by atoms with Crippen LogP contribution in [0.15, 0.2) is 24.3 Å². The summed E-state index contributed by atoms with van der Waals surface area (Å²) in [5, 5.41) is 20.7. The lowest BCUT2D eigenvalue weighted by atomic mass is 9.88. The Balaban J connectivity index is 1.57. The molecule has 0 radical (unpaired) electrons. The number of nitro groups is 1. The van der Waals surface area contributed by atoms with E-state index >= 15 is 0 Å². The second kappa shape index (κ2) is 8.01. The van der Waals surface area contributed by atoms with Crippen LogP contribution in [0.5, 0.6) is 0 Å². The minimum atomic E-state index is -0.508. The van der Waals surface area contributed by atoms with Crippen LogP contribution in [0.3, 0.4) is 0 Å². The van der Waals surface area contributed by atoms with E-state index in [2.05, 4.69) is 11.9 Å². The van der Waals surface area contributed by atoms with Crippen LogP contribution in [0, 0.1) is 16.0 Å². The summed E-state index contributed by atoms with van der Waals surface area (Å²) >= 11 is 0. The number of β-amino-alcohol motifs (C(OH)–C–C–N with tert-alkyl or cyclic N) is 1. The third-order valence-corrected chi connectivity index (χ3v) is 5.37. The first-order valence-electron chi connectivity index (χ1n) is 8.97. The molecule has 1 amide bonds. The maximum Gasteiger partial charge on any atom is 0.410 e. The van der Waals surface area contributed by atoms with Gasteiger partial charge in [0.25, 0.3) is 5.69 Å². The number of aliphatic hydroxyl groups is 1. The topological polar surface area (TPSA) is 96.2 Å². The second-order valence-corrected chi connectivity index (χ2v) is 7.23. The van der Waals surface area contributed by atoms with Gasteiger partial charge in [-0.25, -0.2) is 4.79 Å². The van der Waals surface area contributed by atoms with Crippen LogP contribution in [0.1, 0.15) is 24.8 Å². The second-order valence-electron chi connectivity index (χ2n) is 7.23. The van der Waals surface area contributed by atoms with Crippen LogP contribution >= 0.6 is 0 Å². The molecule has 1 aromatic carbocycles. The monoisotopic (exact) mass is 363 g/mol. The normalized spacial score (nSPS) is 24.6. The fourth-order valence-corrected chi connectivity index (χ4v) is 3.86. The number of hydrogen-bond donors (Lipinski definition) is 1. The van der Waals surface area contributed by atoms with Gasteiger partial charge in [-0.1, -0.05) is 0 Å². The molecule has 2 aliphatic rings. The van der Waals surface area contributed by atoms with Gasteiger partial charge in [-0.2, -0.15) is 0 Å². The van der Waals surface area contributed by atoms with Gasteiger partial charge in [0.15, 0.2) is 0 Å². The fourth-order valence-electron chi connectivity index (χ4n) is 3.86. The van der Waals surface area contributed by atoms with E-state index < -0.39 is 17.1 Å². The predicted molar refractivity (Wildman–Crippen MR) is 94.6 cm³/mol. The van der Waals surface area contributed by atoms with E-state index in [9.17, 15) is 20.0 Å². The van der Waals surface area contributed by atoms with Gasteiger partial charge in [0, 0.05) is 18.2 Å². The summed E-state index contributed by atoms with van der Waals surface area (Å²) in [4.78, 5) is 26.7. The lowest BCUT2D eigenvalue weighted by Crippen LogP contribution is -2.44. The van der Waals surface area contributed by atoms with Gasteiger partial charge in [-0.3, -0.25) is 10.1 Å². The van der Waals surface area contributed by atoms with Gasteiger partial charge in [0.1, 0.15) is 6.61 Å². The van der Waals surface area contributed by atoms with Crippen LogP contribution < -0.4 is 0 Å². The number of nitro benzene ring substituents is 1. The molecule has 0 aliphatic carbocycles. The molecule has 142 valence electrons. The average Bonchev–Trinajstić information content (AvgIpc) is 3.02. The molecule has 2 saturated heterocycles. The van der Waals surface area contributed by atoms with E-state index in [0.29, 0.717) is 24.4 Å². The molecule has 0 aromatic heterocycles. The molecule has 1 N–H and O–H groups in total. The Morgan fingerprint density at radius 1 is 1.31 bits per heavy atom. The van der Waals surface area contributed by atoms with Crippen molar-refractivity contribution in [3.8, 4) is 0 Å². The molecule has 2 aliphatic heterocycles. The van der Waals surface area contributed by atoms with Crippen molar-refractivity contribution in [2.45, 2.75) is 38.0 Å². The first-order valence-corrected chi connectivity index (χ1v) is 8.97. The summed E-state index contributed by atoms with van der Waals surface area (Å²) in [5.74, 6) is 0.385. The molecule has 0 saturated carbocycles. The zero-order valence-corrected chi connectivity index (χ0v) is 14.9. The zero-order valence-electron chi connectivity index (χ0n) is 14.9. The van der Waals surface area contributed by atoms with Gasteiger partial charge in [-0.05, 0) is 63.0 Å². The summed E-state index contributed by atoms with van der Waals surface area (Å²) in [6.07, 6.45) is 1.69. The van der Waals surface area contributed by atoms with Crippen molar-refractivity contribution in [2.75, 3.05) is 26.7 Å². The Bertz CT molecular complexity index is 643. The van der Waals surface area contributed by atoms with E-state index in [4.69, 9.17) is 4.74 Å². The van der Waals surface area contributed by atoms with Gasteiger partial charge in [0.2, 0.25) is 0 Å². The van der Waals surface area contributed by atoms with Crippen LogP contribution in [-0.2, 0) is 11.3 Å². The van der Waals surface area contributed by atoms with Crippen molar-refractivity contribution in [2.24, 2.45) is 5.92 Å². The van der Waals surface area contributed by atoms with Crippen LogP contribution in [-0.4, -0.2) is 64.8 Å². The quantitative estimate of drug-likeness (QED) is 0.649. The molecule has 2 atom stereocenters. The van der Waals surface area contributed by atoms with Crippen LogP contribution in [0.25, 0.3) is 0 Å². The zero-order chi connectivity index (χ0) is 18.7. The number of amides is 1. The number of hydrogen-bond acceptors (Lipinski definition) is 6. The minimum Gasteiger partial charge on any atom is -0.445 e. The maximum atomic E-state index is 12.5. The highest BCUT2D eigenvalue weighted by Gasteiger charge is 2.40. The third kappa shape index (κ3) is 4.31. The Kier molecular flexibility index (Phi) is 5.73. The summed E-state index contributed by atoms with van der Waals surface area (Å²) in [5.41, 5.74) is 0.699. The number of ether oxygens (including phenoxy) is 1. The van der Waals surface area contributed by atoms with Gasteiger partial charge in [-0.15, -0.1) is 0 Å². The summed E-state index contributed by atoms with van der Waals surface area (Å²) < 4.78 is 5.40. The number of likely N-dealkylation sites (tertiary alicyclic amines) is 2. The fraction of sp³-hybridized carbons (Fsp3) is 0.611. The molecular formula is C18H25N3O5. The first kappa shape index (κ1) is 18.6. The molecule has 2 heterocycles. The van der Waals surface area contributed by atoms with Crippen molar-refractivity contribution in [1.29, 1.82) is 0 Å². The molecule has 8 heteroatoms. The smallest absolute Gasteiger partial charge is 0.410 e. The lowest BCUT2D eigenvalue weighted by Gasteiger charge is -2.36. The summed E-state index contributed by atoms with van der Waals surface area (Å²) in [6.45, 7) is 2.37. The Morgan fingerprint density at radius 3 is 2.58 bits per heavy atom. The van der Waals surface area contributed by atoms with E-state index in [1.165, 1.54) is 12.1 Å². The van der Waals surface area contributed by atoms with Crippen molar-refractivity contribution in [3.63, 3.8) is 0 Å². The van der Waals surface area contributed by atoms with E-state index in [1.54, 1.807) is 17.0 Å². The molecule has 3 rings (SSSR count). The number of piperidine rings is 1. The minimum absolute atomic E-state index is 0.00470. The number of non-ortho nitro benzene ring substituents is 1. The first-order chi connectivity index (χ1) is 12.4. The van der Waals surface area contributed by atoms with E-state index in [0.717, 1.165) is 25.9 Å². The van der Waals surface area contributed by atoms with E-state index in [-0.39, 0.29) is 18.3 Å². The number of nitrogens with zero attached hydrogens (tertiary/aromatic N) is 3. The highest BCUT2D eigenvalue weighted by atomic mass is 16.6. The predicted octanol–water partition coefficient (Wildman–Crippen LogP) is 2.01. The Morgan fingerprint density at radius 2 is 1.96 bits per heavy atom. The SMILES string of the molecule is CN1CCC([C@@H]2C[C@@H](O)CN2C(=O)OCc2ccc([N+](=O)[O-])cc2)CC1. The van der Waals surface area contributed by atoms with Gasteiger partial charge < -0.3 is 19.6 Å². The molecular weight excluding hydrogens is 338 g/mol. The van der Waals surface area contributed by atoms with Crippen LogP contribution in [0.4, 0.5) is 10.5 Å². The van der Waals surface area contributed by atoms with Crippen molar-refractivity contribution in [1.82, 2.24) is 9.80 Å². The molecule has 8 nitrogen and oxygen atoms in total. The van der Waals surface area contributed by atoms with E-state index in [1.807, 2.05) is 0 Å². The van der Waals surface area contributed by atoms with Gasteiger partial charge in [0.05, 0.1) is 17.6 Å². The highest BCUT2D eigenvalue weighted by molar-refractivity contribution is 5.68. The van der Waals surface area contributed by atoms with Crippen LogP contribution in [0.2, 0.25) is 0 Å². The molecule has 0 bridgehead atoms. The van der Waals surface area contributed by atoms with Crippen molar-refractivity contribution >= 4 is 11.8 Å². The number of aliphatic hydroxyl groups excluding tert-OH is 1. The Labute approximate surface area is 152 Å². The number of carbonyl (C=O) groups is 1. The Hall–Kier alpha value is -2.19. The summed E-state index contributed by atoms with van der Waals surface area (Å²) in [6, 6.07) is 5.97. The molecule has 26 heavy (non-hydrogen) atoms. The van der Waals surface area contributed by atoms with Crippen molar-refractivity contribution in [3.05, 3.63) is 39.9 Å². The molecule has 0 spiro atoms.